The number of carbonyl (C=O) groups is 1. The lowest BCUT2D eigenvalue weighted by atomic mass is 10.0. The van der Waals surface area contributed by atoms with Crippen LogP contribution in [0.2, 0.25) is 0 Å². The Kier molecular flexibility index (Phi) is 4.98. The highest BCUT2D eigenvalue weighted by Gasteiger charge is 2.11. The molecule has 0 spiro atoms. The van der Waals surface area contributed by atoms with E-state index in [1.54, 1.807) is 0 Å². The van der Waals surface area contributed by atoms with Crippen molar-refractivity contribution in [2.24, 2.45) is 10.7 Å². The second-order valence-corrected chi connectivity index (χ2v) is 5.30. The number of hydrogen-bond donors (Lipinski definition) is 3. The van der Waals surface area contributed by atoms with Crippen molar-refractivity contribution in [3.8, 4) is 0 Å². The van der Waals surface area contributed by atoms with E-state index in [4.69, 9.17) is 5.73 Å². The number of allylic oxidation sites excluding steroid dienone is 1. The van der Waals surface area contributed by atoms with Crippen molar-refractivity contribution in [3.63, 3.8) is 0 Å². The van der Waals surface area contributed by atoms with Gasteiger partial charge in [0.15, 0.2) is 5.96 Å². The summed E-state index contributed by atoms with van der Waals surface area (Å²) in [5, 5.41) is 5.41. The van der Waals surface area contributed by atoms with Crippen molar-refractivity contribution in [2.45, 2.75) is 39.2 Å². The van der Waals surface area contributed by atoms with Crippen LogP contribution in [0.4, 0.5) is 10.5 Å². The van der Waals surface area contributed by atoms with Gasteiger partial charge in [0.25, 0.3) is 0 Å². The maximum Gasteiger partial charge on any atom is 0.326 e. The Hall–Kier alpha value is -2.30. The van der Waals surface area contributed by atoms with E-state index in [0.29, 0.717) is 0 Å². The molecule has 0 heterocycles. The number of carbonyl (C=O) groups excluding carboxylic acids is 1. The summed E-state index contributed by atoms with van der Waals surface area (Å²) in [4.78, 5) is 16.3. The quantitative estimate of drug-likeness (QED) is 0.444. The number of amides is 2. The number of urea groups is 1. The Balaban J connectivity index is 1.95. The summed E-state index contributed by atoms with van der Waals surface area (Å²) < 4.78 is 0. The van der Waals surface area contributed by atoms with Crippen molar-refractivity contribution < 1.29 is 4.79 Å². The van der Waals surface area contributed by atoms with Gasteiger partial charge >= 0.3 is 6.03 Å². The van der Waals surface area contributed by atoms with E-state index in [-0.39, 0.29) is 18.0 Å². The third-order valence-corrected chi connectivity index (χ3v) is 3.52. The fourth-order valence-corrected chi connectivity index (χ4v) is 2.40. The van der Waals surface area contributed by atoms with Gasteiger partial charge in [0.05, 0.1) is 6.04 Å². The minimum atomic E-state index is -0.361. The number of para-hydroxylation sites is 1. The van der Waals surface area contributed by atoms with Gasteiger partial charge in [-0.3, -0.25) is 5.32 Å². The molecule has 1 atom stereocenters. The molecule has 0 radical (unpaired) electrons. The van der Waals surface area contributed by atoms with Gasteiger partial charge in [-0.2, -0.15) is 0 Å². The fourth-order valence-electron chi connectivity index (χ4n) is 2.40. The zero-order valence-electron chi connectivity index (χ0n) is 12.5. The van der Waals surface area contributed by atoms with Gasteiger partial charge in [-0.1, -0.05) is 30.4 Å². The van der Waals surface area contributed by atoms with E-state index in [2.05, 4.69) is 27.8 Å². The molecule has 0 bridgehead atoms. The summed E-state index contributed by atoms with van der Waals surface area (Å²) in [6.45, 7) is 3.91. The van der Waals surface area contributed by atoms with Gasteiger partial charge < -0.3 is 11.1 Å². The number of hydrogen-bond acceptors (Lipinski definition) is 2. The van der Waals surface area contributed by atoms with E-state index in [1.165, 1.54) is 0 Å². The van der Waals surface area contributed by atoms with E-state index < -0.39 is 0 Å². The van der Waals surface area contributed by atoms with Crippen LogP contribution in [0.5, 0.6) is 0 Å². The fraction of sp³-hybridized carbons (Fsp3) is 0.375. The van der Waals surface area contributed by atoms with Crippen LogP contribution in [-0.4, -0.2) is 18.0 Å². The van der Waals surface area contributed by atoms with Gasteiger partial charge in [-0.05, 0) is 44.2 Å². The number of nitrogens with two attached hydrogens (primary N) is 1. The molecule has 4 N–H and O–H groups in total. The molecule has 2 amide bonds. The van der Waals surface area contributed by atoms with Crippen LogP contribution in [0.1, 0.15) is 30.4 Å². The molecule has 0 fully saturated rings. The lowest BCUT2D eigenvalue weighted by Crippen LogP contribution is -2.40. The van der Waals surface area contributed by atoms with Crippen LogP contribution in [0.15, 0.2) is 35.3 Å². The molecule has 2 rings (SSSR count). The second kappa shape index (κ2) is 6.92. The van der Waals surface area contributed by atoms with Crippen molar-refractivity contribution in [1.29, 1.82) is 0 Å². The summed E-state index contributed by atoms with van der Waals surface area (Å²) in [6.07, 6.45) is 7.10. The van der Waals surface area contributed by atoms with Gasteiger partial charge in [0.1, 0.15) is 0 Å². The molecule has 0 saturated heterocycles. The number of benzene rings is 1. The number of nitrogens with zero attached hydrogens (tertiary/aromatic N) is 1. The summed E-state index contributed by atoms with van der Waals surface area (Å²) in [7, 11) is 0. The predicted molar refractivity (Wildman–Crippen MR) is 86.5 cm³/mol. The van der Waals surface area contributed by atoms with Crippen molar-refractivity contribution in [2.75, 3.05) is 5.32 Å². The van der Waals surface area contributed by atoms with Gasteiger partial charge in [-0.25, -0.2) is 9.79 Å². The number of rotatable bonds is 2. The highest BCUT2D eigenvalue weighted by molar-refractivity contribution is 6.02. The topological polar surface area (TPSA) is 79.5 Å². The number of nitrogens with one attached hydrogen (secondary N) is 2. The summed E-state index contributed by atoms with van der Waals surface area (Å²) in [5.74, 6) is 0.166. The first-order chi connectivity index (χ1) is 10.1. The molecular weight excluding hydrogens is 264 g/mol. The molecule has 5 nitrogen and oxygen atoms in total. The maximum absolute atomic E-state index is 12.0. The predicted octanol–water partition coefficient (Wildman–Crippen LogP) is 2.85. The van der Waals surface area contributed by atoms with Crippen LogP contribution >= 0.6 is 0 Å². The SMILES string of the molecule is Cc1cccc(C)c1NC(=O)NC(N)=NC1CC=CCC1. The molecule has 1 aliphatic carbocycles. The lowest BCUT2D eigenvalue weighted by molar-refractivity contribution is 0.256. The van der Waals surface area contributed by atoms with Crippen LogP contribution in [-0.2, 0) is 0 Å². The molecule has 1 aromatic carbocycles. The molecule has 0 saturated carbocycles. The second-order valence-electron chi connectivity index (χ2n) is 5.30. The highest BCUT2D eigenvalue weighted by Crippen LogP contribution is 2.19. The van der Waals surface area contributed by atoms with Crippen molar-refractivity contribution >= 4 is 17.7 Å². The first-order valence-corrected chi connectivity index (χ1v) is 7.18. The van der Waals surface area contributed by atoms with Crippen LogP contribution in [0.3, 0.4) is 0 Å². The molecule has 1 aromatic rings. The molecule has 21 heavy (non-hydrogen) atoms. The molecule has 1 unspecified atom stereocenters. The number of aliphatic imine (C=N–C) groups is 1. The van der Waals surface area contributed by atoms with Gasteiger partial charge in [0, 0.05) is 5.69 Å². The average Bonchev–Trinajstić information content (AvgIpc) is 2.44. The van der Waals surface area contributed by atoms with Crippen LogP contribution < -0.4 is 16.4 Å². The molecule has 112 valence electrons. The first kappa shape index (κ1) is 15.1. The maximum atomic E-state index is 12.0. The lowest BCUT2D eigenvalue weighted by Gasteiger charge is -2.15. The van der Waals surface area contributed by atoms with E-state index in [0.717, 1.165) is 36.1 Å². The number of guanidine groups is 1. The Morgan fingerprint density at radius 3 is 2.62 bits per heavy atom. The molecule has 0 aliphatic heterocycles. The Morgan fingerprint density at radius 2 is 2.00 bits per heavy atom. The standard InChI is InChI=1S/C16H22N4O/c1-11-7-6-8-12(2)14(11)19-16(21)20-15(17)18-13-9-4-3-5-10-13/h3-4,6-8,13H,5,9-10H2,1-2H3,(H4,17,18,19,20,21). The monoisotopic (exact) mass is 286 g/mol. The minimum Gasteiger partial charge on any atom is -0.370 e. The molecule has 0 aromatic heterocycles. The largest absolute Gasteiger partial charge is 0.370 e. The van der Waals surface area contributed by atoms with Gasteiger partial charge in [0.2, 0.25) is 0 Å². The zero-order valence-corrected chi connectivity index (χ0v) is 12.5. The summed E-state index contributed by atoms with van der Waals surface area (Å²) in [5.41, 5.74) is 8.62. The van der Waals surface area contributed by atoms with Gasteiger partial charge in [-0.15, -0.1) is 0 Å². The zero-order chi connectivity index (χ0) is 15.2. The molecular formula is C16H22N4O. The first-order valence-electron chi connectivity index (χ1n) is 7.18. The van der Waals surface area contributed by atoms with Crippen LogP contribution in [0, 0.1) is 13.8 Å². The number of aryl methyl sites for hydroxylation is 2. The average molecular weight is 286 g/mol. The Bertz CT molecular complexity index is 557. The van der Waals surface area contributed by atoms with Crippen LogP contribution in [0.25, 0.3) is 0 Å². The van der Waals surface area contributed by atoms with E-state index in [9.17, 15) is 4.79 Å². The van der Waals surface area contributed by atoms with E-state index >= 15 is 0 Å². The van der Waals surface area contributed by atoms with Crippen molar-refractivity contribution in [3.05, 3.63) is 41.5 Å². The third-order valence-electron chi connectivity index (χ3n) is 3.52. The number of anilines is 1. The van der Waals surface area contributed by atoms with E-state index in [1.807, 2.05) is 32.0 Å². The normalized spacial score (nSPS) is 18.4. The Labute approximate surface area is 125 Å². The minimum absolute atomic E-state index is 0.162. The highest BCUT2D eigenvalue weighted by atomic mass is 16.2. The summed E-state index contributed by atoms with van der Waals surface area (Å²) in [6, 6.07) is 5.67. The molecule has 1 aliphatic rings. The summed E-state index contributed by atoms with van der Waals surface area (Å²) >= 11 is 0. The molecule has 5 heteroatoms. The third kappa shape index (κ3) is 4.34. The smallest absolute Gasteiger partial charge is 0.326 e. The van der Waals surface area contributed by atoms with Crippen molar-refractivity contribution in [1.82, 2.24) is 5.32 Å². The Morgan fingerprint density at radius 1 is 1.29 bits per heavy atom.